The lowest BCUT2D eigenvalue weighted by Gasteiger charge is -2.03. The van der Waals surface area contributed by atoms with E-state index in [1.807, 2.05) is 0 Å². The Labute approximate surface area is 112 Å². The molecule has 0 unspecified atom stereocenters. The molecule has 0 atom stereocenters. The van der Waals surface area contributed by atoms with Crippen molar-refractivity contribution in [1.29, 1.82) is 0 Å². The molecule has 2 aromatic rings. The SMILES string of the molecule is NCc1cc(S(=O)(=O)NCc2cnc[nH]2)c(Br)o1. The number of nitrogens with zero attached hydrogens (tertiary/aromatic N) is 1. The molecule has 2 aromatic heterocycles. The lowest BCUT2D eigenvalue weighted by Crippen LogP contribution is -2.23. The van der Waals surface area contributed by atoms with Crippen molar-refractivity contribution in [3.05, 3.63) is 34.7 Å². The third-order valence-electron chi connectivity index (χ3n) is 2.20. The molecule has 0 aliphatic carbocycles. The maximum atomic E-state index is 12.0. The number of rotatable bonds is 5. The number of nitrogens with one attached hydrogen (secondary N) is 2. The van der Waals surface area contributed by atoms with Gasteiger partial charge in [0, 0.05) is 18.0 Å². The molecule has 2 rings (SSSR count). The fourth-order valence-electron chi connectivity index (χ4n) is 1.31. The lowest BCUT2D eigenvalue weighted by atomic mass is 10.5. The van der Waals surface area contributed by atoms with Gasteiger partial charge in [0.1, 0.15) is 10.7 Å². The number of sulfonamides is 1. The molecule has 0 fully saturated rings. The van der Waals surface area contributed by atoms with Crippen molar-refractivity contribution in [2.45, 2.75) is 18.0 Å². The minimum absolute atomic E-state index is 0.0301. The number of aromatic nitrogens is 2. The van der Waals surface area contributed by atoms with Crippen LogP contribution in [0.2, 0.25) is 0 Å². The third-order valence-corrected chi connectivity index (χ3v) is 4.46. The number of hydrogen-bond acceptors (Lipinski definition) is 5. The standard InChI is InChI=1S/C9H11BrN4O3S/c10-9-8(1-7(2-11)17-9)18(15,16)14-4-6-3-12-5-13-6/h1,3,5,14H,2,4,11H2,(H,12,13). The summed E-state index contributed by atoms with van der Waals surface area (Å²) in [5, 5.41) is 0. The summed E-state index contributed by atoms with van der Waals surface area (Å²) in [6, 6.07) is 1.39. The number of H-pyrrole nitrogens is 1. The van der Waals surface area contributed by atoms with Crippen molar-refractivity contribution in [2.75, 3.05) is 0 Å². The molecular weight excluding hydrogens is 324 g/mol. The monoisotopic (exact) mass is 334 g/mol. The van der Waals surface area contributed by atoms with Gasteiger partial charge in [-0.25, -0.2) is 18.1 Å². The first-order valence-corrected chi connectivity index (χ1v) is 7.25. The molecule has 0 saturated heterocycles. The predicted octanol–water partition coefficient (Wildman–Crippen LogP) is 0.702. The second-order valence-electron chi connectivity index (χ2n) is 3.46. The van der Waals surface area contributed by atoms with Crippen LogP contribution in [0.25, 0.3) is 0 Å². The molecule has 0 bridgehead atoms. The average molecular weight is 335 g/mol. The van der Waals surface area contributed by atoms with E-state index >= 15 is 0 Å². The van der Waals surface area contributed by atoms with Crippen molar-refractivity contribution in [3.8, 4) is 0 Å². The molecule has 4 N–H and O–H groups in total. The van der Waals surface area contributed by atoms with Gasteiger partial charge in [-0.05, 0) is 15.9 Å². The molecule has 0 saturated carbocycles. The molecular formula is C9H11BrN4O3S. The second kappa shape index (κ2) is 5.22. The molecule has 0 radical (unpaired) electrons. The van der Waals surface area contributed by atoms with E-state index in [-0.39, 0.29) is 22.7 Å². The third kappa shape index (κ3) is 2.80. The number of furan rings is 1. The van der Waals surface area contributed by atoms with Crippen LogP contribution in [0, 0.1) is 0 Å². The summed E-state index contributed by atoms with van der Waals surface area (Å²) in [5.41, 5.74) is 6.05. The largest absolute Gasteiger partial charge is 0.452 e. The first kappa shape index (κ1) is 13.3. The Morgan fingerprint density at radius 2 is 2.33 bits per heavy atom. The van der Waals surface area contributed by atoms with Gasteiger partial charge in [0.15, 0.2) is 4.67 Å². The maximum absolute atomic E-state index is 12.0. The molecule has 18 heavy (non-hydrogen) atoms. The average Bonchev–Trinajstić information content (AvgIpc) is 2.95. The van der Waals surface area contributed by atoms with Crippen LogP contribution in [0.1, 0.15) is 11.5 Å². The Bertz CT molecular complexity index is 620. The van der Waals surface area contributed by atoms with Gasteiger partial charge in [-0.15, -0.1) is 0 Å². The summed E-state index contributed by atoms with van der Waals surface area (Å²) >= 11 is 3.05. The Balaban J connectivity index is 2.17. The van der Waals surface area contributed by atoms with E-state index in [0.29, 0.717) is 11.5 Å². The van der Waals surface area contributed by atoms with E-state index in [1.165, 1.54) is 18.6 Å². The summed E-state index contributed by atoms with van der Waals surface area (Å²) in [6.07, 6.45) is 3.02. The van der Waals surface area contributed by atoms with Gasteiger partial charge in [0.25, 0.3) is 0 Å². The molecule has 9 heteroatoms. The van der Waals surface area contributed by atoms with Crippen LogP contribution in [0.5, 0.6) is 0 Å². The van der Waals surface area contributed by atoms with Crippen LogP contribution in [0.15, 0.2) is 32.6 Å². The number of hydrogen-bond donors (Lipinski definition) is 3. The van der Waals surface area contributed by atoms with Crippen LogP contribution in [0.3, 0.4) is 0 Å². The fraction of sp³-hybridized carbons (Fsp3) is 0.222. The second-order valence-corrected chi connectivity index (χ2v) is 5.91. The van der Waals surface area contributed by atoms with Crippen molar-refractivity contribution in [2.24, 2.45) is 5.73 Å². The summed E-state index contributed by atoms with van der Waals surface area (Å²) in [7, 11) is -3.65. The van der Waals surface area contributed by atoms with E-state index in [4.69, 9.17) is 10.2 Å². The van der Waals surface area contributed by atoms with Gasteiger partial charge in [-0.3, -0.25) is 0 Å². The van der Waals surface area contributed by atoms with Crippen LogP contribution >= 0.6 is 15.9 Å². The summed E-state index contributed by atoms with van der Waals surface area (Å²) < 4.78 is 31.7. The minimum atomic E-state index is -3.65. The van der Waals surface area contributed by atoms with Gasteiger partial charge in [-0.1, -0.05) is 0 Å². The Hall–Kier alpha value is -1.16. The topological polar surface area (TPSA) is 114 Å². The highest BCUT2D eigenvalue weighted by molar-refractivity contribution is 9.10. The smallest absolute Gasteiger partial charge is 0.245 e. The van der Waals surface area contributed by atoms with Gasteiger partial charge >= 0.3 is 0 Å². The normalized spacial score (nSPS) is 11.9. The van der Waals surface area contributed by atoms with E-state index in [2.05, 4.69) is 30.6 Å². The van der Waals surface area contributed by atoms with Crippen molar-refractivity contribution in [3.63, 3.8) is 0 Å². The fourth-order valence-corrected chi connectivity index (χ4v) is 3.32. The number of aromatic amines is 1. The first-order chi connectivity index (χ1) is 8.53. The number of halogens is 1. The predicted molar refractivity (Wildman–Crippen MR) is 66.9 cm³/mol. The maximum Gasteiger partial charge on any atom is 0.245 e. The summed E-state index contributed by atoms with van der Waals surface area (Å²) in [6.45, 7) is 0.257. The van der Waals surface area contributed by atoms with E-state index in [0.717, 1.165) is 0 Å². The molecule has 0 spiro atoms. The minimum Gasteiger partial charge on any atom is -0.452 e. The Kier molecular flexibility index (Phi) is 3.85. The van der Waals surface area contributed by atoms with Crippen molar-refractivity contribution >= 4 is 26.0 Å². The molecule has 98 valence electrons. The first-order valence-electron chi connectivity index (χ1n) is 4.98. The zero-order chi connectivity index (χ0) is 13.2. The zero-order valence-corrected chi connectivity index (χ0v) is 11.6. The summed E-state index contributed by atoms with van der Waals surface area (Å²) in [4.78, 5) is 6.62. The van der Waals surface area contributed by atoms with Gasteiger partial charge < -0.3 is 15.1 Å². The highest BCUT2D eigenvalue weighted by Crippen LogP contribution is 2.25. The summed E-state index contributed by atoms with van der Waals surface area (Å²) in [5.74, 6) is 0.392. The molecule has 7 nitrogen and oxygen atoms in total. The van der Waals surface area contributed by atoms with Gasteiger partial charge in [0.05, 0.1) is 19.4 Å². The van der Waals surface area contributed by atoms with Crippen molar-refractivity contribution < 1.29 is 12.8 Å². The van der Waals surface area contributed by atoms with E-state index in [9.17, 15) is 8.42 Å². The van der Waals surface area contributed by atoms with E-state index < -0.39 is 10.0 Å². The van der Waals surface area contributed by atoms with Gasteiger partial charge in [0.2, 0.25) is 10.0 Å². The van der Waals surface area contributed by atoms with Crippen LogP contribution in [0.4, 0.5) is 0 Å². The van der Waals surface area contributed by atoms with Crippen LogP contribution in [-0.2, 0) is 23.1 Å². The Morgan fingerprint density at radius 3 is 2.89 bits per heavy atom. The van der Waals surface area contributed by atoms with Crippen LogP contribution < -0.4 is 10.5 Å². The lowest BCUT2D eigenvalue weighted by molar-refractivity contribution is 0.483. The number of nitrogens with two attached hydrogens (primary N) is 1. The zero-order valence-electron chi connectivity index (χ0n) is 9.18. The molecule has 2 heterocycles. The van der Waals surface area contributed by atoms with Crippen molar-refractivity contribution in [1.82, 2.24) is 14.7 Å². The van der Waals surface area contributed by atoms with Crippen LogP contribution in [-0.4, -0.2) is 18.4 Å². The number of imidazole rings is 1. The molecule has 0 aromatic carbocycles. The molecule has 0 aliphatic heterocycles. The quantitative estimate of drug-likeness (QED) is 0.744. The molecule has 0 aliphatic rings. The highest BCUT2D eigenvalue weighted by atomic mass is 79.9. The highest BCUT2D eigenvalue weighted by Gasteiger charge is 2.22. The molecule has 0 amide bonds. The van der Waals surface area contributed by atoms with Gasteiger partial charge in [-0.2, -0.15) is 0 Å². The Morgan fingerprint density at radius 1 is 1.56 bits per heavy atom. The van der Waals surface area contributed by atoms with E-state index in [1.54, 1.807) is 0 Å².